The summed E-state index contributed by atoms with van der Waals surface area (Å²) < 4.78 is 16.8. The largest absolute Gasteiger partial charge is 0.462 e. The summed E-state index contributed by atoms with van der Waals surface area (Å²) in [5.74, 6) is -0.987. The molecule has 6 heteroatoms. The van der Waals surface area contributed by atoms with Crippen LogP contribution in [0.2, 0.25) is 0 Å². The predicted octanol–water partition coefficient (Wildman–Crippen LogP) is 20.8. The van der Waals surface area contributed by atoms with Gasteiger partial charge in [0.25, 0.3) is 0 Å². The fraction of sp³-hybridized carbons (Fsp3) is 0.609. The van der Waals surface area contributed by atoms with Crippen LogP contribution in [0.3, 0.4) is 0 Å². The van der Waals surface area contributed by atoms with Crippen molar-refractivity contribution >= 4 is 17.9 Å². The zero-order valence-electron chi connectivity index (χ0n) is 48.3. The minimum atomic E-state index is -0.814. The highest BCUT2D eigenvalue weighted by molar-refractivity contribution is 5.71. The molecule has 1 atom stereocenters. The number of allylic oxidation sites excluding steroid dienone is 24. The van der Waals surface area contributed by atoms with Crippen LogP contribution in [-0.4, -0.2) is 37.2 Å². The van der Waals surface area contributed by atoms with Crippen LogP contribution in [0.5, 0.6) is 0 Å². The molecule has 0 aliphatic rings. The Kier molecular flexibility index (Phi) is 58.0. The van der Waals surface area contributed by atoms with Gasteiger partial charge in [0.2, 0.25) is 0 Å². The molecule has 0 radical (unpaired) electrons. The summed E-state index contributed by atoms with van der Waals surface area (Å²) in [6.07, 6.45) is 88.5. The van der Waals surface area contributed by atoms with Crippen molar-refractivity contribution in [3.8, 4) is 0 Å². The Labute approximate surface area is 461 Å². The Balaban J connectivity index is 4.44. The van der Waals surface area contributed by atoms with E-state index in [4.69, 9.17) is 14.2 Å². The summed E-state index contributed by atoms with van der Waals surface area (Å²) in [4.78, 5) is 38.2. The van der Waals surface area contributed by atoms with Crippen LogP contribution < -0.4 is 0 Å². The molecule has 0 spiro atoms. The molecule has 6 nitrogen and oxygen atoms in total. The molecule has 0 rings (SSSR count). The molecular weight excluding hydrogens is 925 g/mol. The molecular formula is C69H110O6. The third kappa shape index (κ3) is 60.0. The topological polar surface area (TPSA) is 78.9 Å². The SMILES string of the molecule is CC/C=C\C/C=C\C/C=C\C/C=C\C/C=C\C/C=C\C/C=C\CCCC(=O)OCC(COC(=O)CCCCCCC/C=C\CCCC)OC(=O)CCCCCCCCCCCC/C=C\C/C=C\C/C=C\C/C=C\CC. The Bertz CT molecular complexity index is 1660. The average molecular weight is 1040 g/mol. The molecule has 0 N–H and O–H groups in total. The number of unbranched alkanes of at least 4 members (excludes halogenated alkanes) is 18. The molecule has 1 unspecified atom stereocenters. The number of rotatable bonds is 53. The summed E-state index contributed by atoms with van der Waals surface area (Å²) >= 11 is 0. The van der Waals surface area contributed by atoms with E-state index in [9.17, 15) is 14.4 Å². The Morgan fingerprint density at radius 2 is 0.533 bits per heavy atom. The third-order valence-corrected chi connectivity index (χ3v) is 12.3. The van der Waals surface area contributed by atoms with E-state index in [-0.39, 0.29) is 37.5 Å². The molecule has 0 aliphatic heterocycles. The van der Waals surface area contributed by atoms with Crippen LogP contribution in [0.25, 0.3) is 0 Å². The van der Waals surface area contributed by atoms with Crippen LogP contribution in [0.4, 0.5) is 0 Å². The number of carbonyl (C=O) groups excluding carboxylic acids is 3. The maximum atomic E-state index is 12.9. The molecule has 0 aromatic heterocycles. The molecule has 0 bridgehead atoms. The van der Waals surface area contributed by atoms with Crippen molar-refractivity contribution in [2.24, 2.45) is 0 Å². The Morgan fingerprint density at radius 1 is 0.280 bits per heavy atom. The number of ether oxygens (including phenoxy) is 3. The van der Waals surface area contributed by atoms with Gasteiger partial charge in [-0.25, -0.2) is 0 Å². The molecule has 0 heterocycles. The van der Waals surface area contributed by atoms with Gasteiger partial charge in [-0.3, -0.25) is 14.4 Å². The van der Waals surface area contributed by atoms with Crippen molar-refractivity contribution in [3.05, 3.63) is 146 Å². The van der Waals surface area contributed by atoms with E-state index in [2.05, 4.69) is 167 Å². The quantitative estimate of drug-likeness (QED) is 0.0261. The summed E-state index contributed by atoms with van der Waals surface area (Å²) in [6.45, 7) is 6.31. The van der Waals surface area contributed by atoms with Crippen LogP contribution in [0, 0.1) is 0 Å². The lowest BCUT2D eigenvalue weighted by molar-refractivity contribution is -0.167. The van der Waals surface area contributed by atoms with E-state index in [1.54, 1.807) is 0 Å². The zero-order valence-corrected chi connectivity index (χ0v) is 48.3. The number of hydrogen-bond donors (Lipinski definition) is 0. The summed E-state index contributed by atoms with van der Waals surface area (Å²) in [6, 6.07) is 0. The van der Waals surface area contributed by atoms with Crippen molar-refractivity contribution in [1.29, 1.82) is 0 Å². The maximum absolute atomic E-state index is 12.9. The number of esters is 3. The van der Waals surface area contributed by atoms with E-state index in [0.29, 0.717) is 19.3 Å². The van der Waals surface area contributed by atoms with Gasteiger partial charge in [0.15, 0.2) is 6.10 Å². The van der Waals surface area contributed by atoms with Gasteiger partial charge in [0.1, 0.15) is 13.2 Å². The monoisotopic (exact) mass is 1030 g/mol. The van der Waals surface area contributed by atoms with Crippen molar-refractivity contribution in [3.63, 3.8) is 0 Å². The fourth-order valence-electron chi connectivity index (χ4n) is 7.81. The van der Waals surface area contributed by atoms with Crippen LogP contribution in [0.1, 0.15) is 252 Å². The first-order valence-corrected chi connectivity index (χ1v) is 30.3. The smallest absolute Gasteiger partial charge is 0.306 e. The standard InChI is InChI=1S/C69H110O6/c1-4-7-10-13-16-19-22-24-26-28-30-32-34-36-38-40-42-44-47-50-53-56-59-62-68(71)74-65-66(64-73-67(70)61-58-55-52-49-46-21-18-15-12-9-6-3)75-69(72)63-60-57-54-51-48-45-43-41-39-37-35-33-31-29-27-25-23-20-17-14-11-8-5-2/h7-8,10-11,15-20,24-27,30-33,36,38,42,44,50,53,66H,4-6,9,12-14,21-23,28-29,34-35,37,39-41,43,45-49,51-52,54-65H2,1-3H3/b10-7-,11-8-,18-15-,19-16-,20-17-,26-24-,27-25-,32-30-,33-31-,38-36-,44-42-,53-50-. The number of hydrogen-bond acceptors (Lipinski definition) is 6. The second kappa shape index (κ2) is 61.8. The molecule has 0 aliphatic carbocycles. The van der Waals surface area contributed by atoms with Gasteiger partial charge in [-0.15, -0.1) is 0 Å². The minimum Gasteiger partial charge on any atom is -0.462 e. The van der Waals surface area contributed by atoms with Gasteiger partial charge < -0.3 is 14.2 Å². The first-order chi connectivity index (χ1) is 37.0. The first kappa shape index (κ1) is 70.3. The fourth-order valence-corrected chi connectivity index (χ4v) is 7.81. The van der Waals surface area contributed by atoms with Crippen LogP contribution in [0.15, 0.2) is 146 Å². The average Bonchev–Trinajstić information content (AvgIpc) is 3.41. The van der Waals surface area contributed by atoms with Crippen LogP contribution in [-0.2, 0) is 28.6 Å². The third-order valence-electron chi connectivity index (χ3n) is 12.3. The van der Waals surface area contributed by atoms with Gasteiger partial charge in [-0.2, -0.15) is 0 Å². The molecule has 0 aromatic carbocycles. The van der Waals surface area contributed by atoms with Crippen LogP contribution >= 0.6 is 0 Å². The summed E-state index contributed by atoms with van der Waals surface area (Å²) in [5, 5.41) is 0. The Hall–Kier alpha value is -4.71. The van der Waals surface area contributed by atoms with Gasteiger partial charge in [0, 0.05) is 19.3 Å². The van der Waals surface area contributed by atoms with Gasteiger partial charge in [0.05, 0.1) is 0 Å². The lowest BCUT2D eigenvalue weighted by Gasteiger charge is -2.18. The van der Waals surface area contributed by atoms with E-state index < -0.39 is 6.10 Å². The van der Waals surface area contributed by atoms with Crippen molar-refractivity contribution < 1.29 is 28.6 Å². The molecule has 422 valence electrons. The second-order valence-corrected chi connectivity index (χ2v) is 19.5. The highest BCUT2D eigenvalue weighted by Gasteiger charge is 2.19. The summed E-state index contributed by atoms with van der Waals surface area (Å²) in [7, 11) is 0. The lowest BCUT2D eigenvalue weighted by atomic mass is 10.0. The van der Waals surface area contributed by atoms with Crippen molar-refractivity contribution in [1.82, 2.24) is 0 Å². The van der Waals surface area contributed by atoms with Crippen molar-refractivity contribution in [2.75, 3.05) is 13.2 Å². The molecule has 75 heavy (non-hydrogen) atoms. The van der Waals surface area contributed by atoms with E-state index in [0.717, 1.165) is 128 Å². The van der Waals surface area contributed by atoms with E-state index in [1.165, 1.54) is 77.0 Å². The lowest BCUT2D eigenvalue weighted by Crippen LogP contribution is -2.30. The van der Waals surface area contributed by atoms with Crippen molar-refractivity contribution in [2.45, 2.75) is 258 Å². The molecule has 0 amide bonds. The minimum absolute atomic E-state index is 0.107. The van der Waals surface area contributed by atoms with Gasteiger partial charge in [-0.1, -0.05) is 250 Å². The molecule has 0 saturated carbocycles. The van der Waals surface area contributed by atoms with E-state index in [1.807, 2.05) is 0 Å². The van der Waals surface area contributed by atoms with E-state index >= 15 is 0 Å². The zero-order chi connectivity index (χ0) is 54.3. The summed E-state index contributed by atoms with van der Waals surface area (Å²) in [5.41, 5.74) is 0. The molecule has 0 fully saturated rings. The highest BCUT2D eigenvalue weighted by Crippen LogP contribution is 2.14. The first-order valence-electron chi connectivity index (χ1n) is 30.3. The predicted molar refractivity (Wildman–Crippen MR) is 325 cm³/mol. The number of carbonyl (C=O) groups is 3. The highest BCUT2D eigenvalue weighted by atomic mass is 16.6. The molecule has 0 aromatic rings. The second-order valence-electron chi connectivity index (χ2n) is 19.5. The Morgan fingerprint density at radius 3 is 0.880 bits per heavy atom. The maximum Gasteiger partial charge on any atom is 0.306 e. The normalized spacial score (nSPS) is 13.2. The molecule has 0 saturated heterocycles. The van der Waals surface area contributed by atoms with Gasteiger partial charge in [-0.05, 0) is 128 Å². The van der Waals surface area contributed by atoms with Gasteiger partial charge >= 0.3 is 17.9 Å².